The van der Waals surface area contributed by atoms with Gasteiger partial charge in [-0.15, -0.1) is 0 Å². The van der Waals surface area contributed by atoms with Crippen LogP contribution in [0.2, 0.25) is 0 Å². The largest absolute Gasteiger partial charge is 0.494 e. The Bertz CT molecular complexity index is 626. The number of para-hydroxylation sites is 1. The predicted octanol–water partition coefficient (Wildman–Crippen LogP) is 3.66. The van der Waals surface area contributed by atoms with E-state index in [1.54, 1.807) is 0 Å². The number of hydrogen-bond acceptors (Lipinski definition) is 3. The van der Waals surface area contributed by atoms with Crippen LogP contribution >= 0.6 is 0 Å². The minimum Gasteiger partial charge on any atom is -0.494 e. The highest BCUT2D eigenvalue weighted by Gasteiger charge is 2.35. The second kappa shape index (κ2) is 7.82. The minimum atomic E-state index is -0.377. The first-order chi connectivity index (χ1) is 11.7. The molecule has 0 heterocycles. The first-order valence-corrected chi connectivity index (χ1v) is 8.85. The van der Waals surface area contributed by atoms with Crippen molar-refractivity contribution in [3.63, 3.8) is 0 Å². The van der Waals surface area contributed by atoms with Crippen molar-refractivity contribution >= 4 is 0 Å². The molecule has 2 atom stereocenters. The van der Waals surface area contributed by atoms with Crippen molar-refractivity contribution < 1.29 is 9.84 Å². The molecule has 1 fully saturated rings. The molecule has 0 aliphatic heterocycles. The fourth-order valence-corrected chi connectivity index (χ4v) is 3.52. The number of nitrogens with two attached hydrogens (primary N) is 1. The van der Waals surface area contributed by atoms with Crippen LogP contribution in [0.15, 0.2) is 54.6 Å². The summed E-state index contributed by atoms with van der Waals surface area (Å²) in [6, 6.07) is 18.8. The van der Waals surface area contributed by atoms with E-state index in [-0.39, 0.29) is 12.1 Å². The normalized spacial score (nSPS) is 23.3. The number of ether oxygens (including phenoxy) is 1. The monoisotopic (exact) mass is 325 g/mol. The van der Waals surface area contributed by atoms with Gasteiger partial charge in [0.25, 0.3) is 0 Å². The molecular weight excluding hydrogens is 298 g/mol. The molecule has 3 rings (SSSR count). The molecule has 3 nitrogen and oxygen atoms in total. The molecule has 1 aliphatic carbocycles. The Morgan fingerprint density at radius 3 is 2.50 bits per heavy atom. The maximum Gasteiger partial charge on any atom is 0.119 e. The lowest BCUT2D eigenvalue weighted by atomic mass is 9.93. The second-order valence-corrected chi connectivity index (χ2v) is 6.97. The summed E-state index contributed by atoms with van der Waals surface area (Å²) in [6.07, 6.45) is 4.89. The predicted molar refractivity (Wildman–Crippen MR) is 97.3 cm³/mol. The molecule has 0 aromatic heterocycles. The van der Waals surface area contributed by atoms with Gasteiger partial charge in [0.1, 0.15) is 5.75 Å². The van der Waals surface area contributed by atoms with Crippen LogP contribution in [-0.2, 0) is 6.42 Å². The maximum absolute atomic E-state index is 9.40. The molecule has 0 saturated heterocycles. The molecule has 128 valence electrons. The Kier molecular flexibility index (Phi) is 5.54. The number of rotatable bonds is 7. The van der Waals surface area contributed by atoms with Crippen molar-refractivity contribution in [2.75, 3.05) is 13.2 Å². The number of benzene rings is 2. The molecule has 2 aromatic rings. The van der Waals surface area contributed by atoms with Crippen LogP contribution < -0.4 is 10.5 Å². The average Bonchev–Trinajstić information content (AvgIpc) is 3.03. The van der Waals surface area contributed by atoms with Gasteiger partial charge in [0, 0.05) is 5.54 Å². The Morgan fingerprint density at radius 2 is 1.83 bits per heavy atom. The van der Waals surface area contributed by atoms with Crippen LogP contribution in [0.5, 0.6) is 5.75 Å². The Balaban J connectivity index is 1.45. The van der Waals surface area contributed by atoms with Crippen LogP contribution in [-0.4, -0.2) is 23.9 Å². The fraction of sp³-hybridized carbons (Fsp3) is 0.429. The topological polar surface area (TPSA) is 55.5 Å². The molecule has 0 radical (unpaired) electrons. The summed E-state index contributed by atoms with van der Waals surface area (Å²) in [5.74, 6) is 1.42. The van der Waals surface area contributed by atoms with Crippen LogP contribution in [0, 0.1) is 0 Å². The lowest BCUT2D eigenvalue weighted by Crippen LogP contribution is -2.40. The van der Waals surface area contributed by atoms with Crippen LogP contribution in [0.3, 0.4) is 0 Å². The standard InChI is InChI=1S/C21H27NO2/c22-21(16-23)13-12-19(15-21)18-10-8-17(9-11-18)5-4-14-24-20-6-2-1-3-7-20/h1-3,6-11,19,23H,4-5,12-16,22H2/t19-,21+/m1/s1. The summed E-state index contributed by atoms with van der Waals surface area (Å²) in [5, 5.41) is 9.40. The van der Waals surface area contributed by atoms with E-state index in [1.807, 2.05) is 30.3 Å². The van der Waals surface area contributed by atoms with Crippen molar-refractivity contribution in [1.29, 1.82) is 0 Å². The number of aliphatic hydroxyl groups excluding tert-OH is 1. The number of aryl methyl sites for hydroxylation is 1. The van der Waals surface area contributed by atoms with E-state index in [4.69, 9.17) is 10.5 Å². The Hall–Kier alpha value is -1.84. The van der Waals surface area contributed by atoms with E-state index in [9.17, 15) is 5.11 Å². The molecular formula is C21H27NO2. The van der Waals surface area contributed by atoms with E-state index < -0.39 is 0 Å². The van der Waals surface area contributed by atoms with Crippen molar-refractivity contribution in [1.82, 2.24) is 0 Å². The third kappa shape index (κ3) is 4.37. The van der Waals surface area contributed by atoms with Crippen LogP contribution in [0.25, 0.3) is 0 Å². The van der Waals surface area contributed by atoms with E-state index in [2.05, 4.69) is 24.3 Å². The molecule has 24 heavy (non-hydrogen) atoms. The minimum absolute atomic E-state index is 0.0863. The Labute approximate surface area is 144 Å². The summed E-state index contributed by atoms with van der Waals surface area (Å²) in [6.45, 7) is 0.823. The first kappa shape index (κ1) is 17.0. The van der Waals surface area contributed by atoms with E-state index in [1.165, 1.54) is 11.1 Å². The summed E-state index contributed by atoms with van der Waals surface area (Å²) >= 11 is 0. The zero-order valence-corrected chi connectivity index (χ0v) is 14.2. The third-order valence-corrected chi connectivity index (χ3v) is 5.03. The molecule has 3 heteroatoms. The number of hydrogen-bond donors (Lipinski definition) is 2. The maximum atomic E-state index is 9.40. The van der Waals surface area contributed by atoms with Gasteiger partial charge in [-0.2, -0.15) is 0 Å². The third-order valence-electron chi connectivity index (χ3n) is 5.03. The van der Waals surface area contributed by atoms with E-state index in [0.29, 0.717) is 5.92 Å². The summed E-state index contributed by atoms with van der Waals surface area (Å²) in [4.78, 5) is 0. The average molecular weight is 325 g/mol. The van der Waals surface area contributed by atoms with Gasteiger partial charge in [-0.3, -0.25) is 0 Å². The van der Waals surface area contributed by atoms with Crippen LogP contribution in [0.4, 0.5) is 0 Å². The summed E-state index contributed by atoms with van der Waals surface area (Å²) in [5.41, 5.74) is 8.49. The SMILES string of the molecule is N[C@@]1(CO)CC[C@@H](c2ccc(CCCOc3ccccc3)cc2)C1. The van der Waals surface area contributed by atoms with Gasteiger partial charge < -0.3 is 15.6 Å². The first-order valence-electron chi connectivity index (χ1n) is 8.85. The molecule has 0 amide bonds. The zero-order valence-electron chi connectivity index (χ0n) is 14.2. The van der Waals surface area contributed by atoms with Crippen molar-refractivity contribution in [3.8, 4) is 5.75 Å². The highest BCUT2D eigenvalue weighted by molar-refractivity contribution is 5.27. The van der Waals surface area contributed by atoms with Gasteiger partial charge >= 0.3 is 0 Å². The molecule has 3 N–H and O–H groups in total. The van der Waals surface area contributed by atoms with Gasteiger partial charge in [-0.25, -0.2) is 0 Å². The van der Waals surface area contributed by atoms with Gasteiger partial charge in [0.05, 0.1) is 13.2 Å². The highest BCUT2D eigenvalue weighted by Crippen LogP contribution is 2.39. The quantitative estimate of drug-likeness (QED) is 0.764. The van der Waals surface area contributed by atoms with E-state index in [0.717, 1.165) is 44.5 Å². The summed E-state index contributed by atoms with van der Waals surface area (Å²) in [7, 11) is 0. The van der Waals surface area contributed by atoms with Gasteiger partial charge in [-0.1, -0.05) is 42.5 Å². The molecule has 1 aliphatic rings. The van der Waals surface area contributed by atoms with E-state index >= 15 is 0 Å². The van der Waals surface area contributed by atoms with Gasteiger partial charge in [0.2, 0.25) is 0 Å². The van der Waals surface area contributed by atoms with Crippen molar-refractivity contribution in [2.24, 2.45) is 5.73 Å². The van der Waals surface area contributed by atoms with Crippen LogP contribution in [0.1, 0.15) is 42.7 Å². The van der Waals surface area contributed by atoms with Crippen molar-refractivity contribution in [2.45, 2.75) is 43.6 Å². The number of aliphatic hydroxyl groups is 1. The summed E-state index contributed by atoms with van der Waals surface area (Å²) < 4.78 is 5.73. The fourth-order valence-electron chi connectivity index (χ4n) is 3.52. The highest BCUT2D eigenvalue weighted by atomic mass is 16.5. The van der Waals surface area contributed by atoms with Gasteiger partial charge in [0.15, 0.2) is 0 Å². The lowest BCUT2D eigenvalue weighted by Gasteiger charge is -2.21. The zero-order chi connectivity index (χ0) is 16.8. The van der Waals surface area contributed by atoms with Crippen molar-refractivity contribution in [3.05, 3.63) is 65.7 Å². The van der Waals surface area contributed by atoms with Gasteiger partial charge in [-0.05, 0) is 61.3 Å². The molecule has 0 unspecified atom stereocenters. The second-order valence-electron chi connectivity index (χ2n) is 6.97. The molecule has 1 saturated carbocycles. The smallest absolute Gasteiger partial charge is 0.119 e. The Morgan fingerprint density at radius 1 is 1.08 bits per heavy atom. The molecule has 0 bridgehead atoms. The molecule has 2 aromatic carbocycles. The lowest BCUT2D eigenvalue weighted by molar-refractivity contribution is 0.198. The molecule has 0 spiro atoms.